The third-order valence-corrected chi connectivity index (χ3v) is 4.58. The van der Waals surface area contributed by atoms with Gasteiger partial charge in [-0.2, -0.15) is 0 Å². The van der Waals surface area contributed by atoms with Crippen molar-refractivity contribution in [2.75, 3.05) is 19.5 Å². The molecule has 0 amide bonds. The first-order valence-corrected chi connectivity index (χ1v) is 9.04. The quantitative estimate of drug-likeness (QED) is 0.628. The smallest absolute Gasteiger partial charge is 0.341 e. The highest BCUT2D eigenvalue weighted by Crippen LogP contribution is 2.29. The van der Waals surface area contributed by atoms with Gasteiger partial charge in [0, 0.05) is 18.3 Å². The van der Waals surface area contributed by atoms with Crippen LogP contribution in [0.4, 0.5) is 5.82 Å². The molecule has 28 heavy (non-hydrogen) atoms. The molecule has 0 unspecified atom stereocenters. The topological polar surface area (TPSA) is 60.5 Å². The maximum Gasteiger partial charge on any atom is 0.341 e. The van der Waals surface area contributed by atoms with Crippen LogP contribution in [0.3, 0.4) is 0 Å². The van der Waals surface area contributed by atoms with Crippen molar-refractivity contribution in [2.24, 2.45) is 0 Å². The van der Waals surface area contributed by atoms with Gasteiger partial charge in [-0.15, -0.1) is 0 Å². The van der Waals surface area contributed by atoms with Crippen molar-refractivity contribution in [2.45, 2.75) is 20.4 Å². The Balaban J connectivity index is 1.83. The lowest BCUT2D eigenvalue weighted by molar-refractivity contribution is 0.0597. The van der Waals surface area contributed by atoms with Crippen molar-refractivity contribution < 1.29 is 14.3 Å². The molecule has 0 radical (unpaired) electrons. The fourth-order valence-electron chi connectivity index (χ4n) is 3.11. The molecular formula is C23H24N2O3. The molecule has 5 nitrogen and oxygen atoms in total. The Hall–Kier alpha value is -3.34. The largest absolute Gasteiger partial charge is 0.496 e. The van der Waals surface area contributed by atoms with Crippen molar-refractivity contribution in [3.8, 4) is 16.9 Å². The lowest BCUT2D eigenvalue weighted by Gasteiger charge is -2.13. The number of aryl methyl sites for hydroxylation is 2. The van der Waals surface area contributed by atoms with Crippen LogP contribution in [-0.2, 0) is 11.3 Å². The molecule has 0 fully saturated rings. The predicted octanol–water partition coefficient (Wildman–Crippen LogP) is 4.77. The number of hydrogen-bond donors (Lipinski definition) is 1. The van der Waals surface area contributed by atoms with Crippen molar-refractivity contribution in [1.82, 2.24) is 4.98 Å². The van der Waals surface area contributed by atoms with Gasteiger partial charge in [-0.25, -0.2) is 9.78 Å². The predicted molar refractivity (Wildman–Crippen MR) is 111 cm³/mol. The molecule has 1 aromatic heterocycles. The normalized spacial score (nSPS) is 10.4. The molecule has 0 atom stereocenters. The maximum atomic E-state index is 12.0. The van der Waals surface area contributed by atoms with E-state index in [1.807, 2.05) is 25.3 Å². The molecule has 0 aliphatic heterocycles. The molecule has 0 saturated carbocycles. The second kappa shape index (κ2) is 8.57. The summed E-state index contributed by atoms with van der Waals surface area (Å²) in [5, 5.41) is 3.36. The molecule has 144 valence electrons. The lowest BCUT2D eigenvalue weighted by atomic mass is 10.00. The first kappa shape index (κ1) is 19.4. The zero-order chi connectivity index (χ0) is 20.1. The maximum absolute atomic E-state index is 12.0. The monoisotopic (exact) mass is 376 g/mol. The van der Waals surface area contributed by atoms with E-state index in [-0.39, 0.29) is 0 Å². The van der Waals surface area contributed by atoms with E-state index in [0.717, 1.165) is 22.5 Å². The van der Waals surface area contributed by atoms with Crippen LogP contribution in [0.15, 0.2) is 54.7 Å². The molecule has 5 heteroatoms. The van der Waals surface area contributed by atoms with Crippen molar-refractivity contribution in [3.63, 3.8) is 0 Å². The summed E-state index contributed by atoms with van der Waals surface area (Å²) in [6.45, 7) is 4.82. The number of methoxy groups -OCH3 is 2. The summed E-state index contributed by atoms with van der Waals surface area (Å²) in [7, 11) is 2.89. The van der Waals surface area contributed by atoms with E-state index in [2.05, 4.69) is 41.5 Å². The van der Waals surface area contributed by atoms with Gasteiger partial charge in [0.1, 0.15) is 17.1 Å². The molecule has 1 N–H and O–H groups in total. The number of nitrogens with one attached hydrogen (secondary N) is 1. The fourth-order valence-corrected chi connectivity index (χ4v) is 3.11. The molecule has 0 aliphatic carbocycles. The highest BCUT2D eigenvalue weighted by molar-refractivity contribution is 5.94. The van der Waals surface area contributed by atoms with E-state index in [0.29, 0.717) is 17.9 Å². The SMILES string of the molecule is COC(=O)c1cc(-c2cnc(NCc3cccc(C)c3)cc2C)ccc1OC. The van der Waals surface area contributed by atoms with Gasteiger partial charge in [-0.1, -0.05) is 35.9 Å². The number of carbonyl (C=O) groups excluding carboxylic acids is 1. The number of ether oxygens (including phenoxy) is 2. The standard InChI is InChI=1S/C23H24N2O3/c1-15-6-5-7-17(10-15)13-24-22-11-16(2)20(14-25-22)18-8-9-21(27-3)19(12-18)23(26)28-4/h5-12,14H,13H2,1-4H3,(H,24,25). The van der Waals surface area contributed by atoms with E-state index in [9.17, 15) is 4.79 Å². The van der Waals surface area contributed by atoms with E-state index in [1.54, 1.807) is 12.1 Å². The average molecular weight is 376 g/mol. The second-order valence-corrected chi connectivity index (χ2v) is 6.63. The Labute approximate surface area is 165 Å². The van der Waals surface area contributed by atoms with Crippen LogP contribution in [0.5, 0.6) is 5.75 Å². The Morgan fingerprint density at radius 1 is 1.07 bits per heavy atom. The van der Waals surface area contributed by atoms with Crippen molar-refractivity contribution in [3.05, 3.63) is 77.0 Å². The van der Waals surface area contributed by atoms with Gasteiger partial charge in [0.15, 0.2) is 0 Å². The summed E-state index contributed by atoms with van der Waals surface area (Å²) in [5.41, 5.74) is 5.73. The Kier molecular flexibility index (Phi) is 5.94. The lowest BCUT2D eigenvalue weighted by Crippen LogP contribution is -2.05. The highest BCUT2D eigenvalue weighted by Gasteiger charge is 2.15. The zero-order valence-corrected chi connectivity index (χ0v) is 16.6. The van der Waals surface area contributed by atoms with Crippen LogP contribution in [-0.4, -0.2) is 25.2 Å². The number of esters is 1. The number of nitrogens with zero attached hydrogens (tertiary/aromatic N) is 1. The summed E-state index contributed by atoms with van der Waals surface area (Å²) in [5.74, 6) is 0.864. The van der Waals surface area contributed by atoms with E-state index in [1.165, 1.54) is 25.3 Å². The molecule has 2 aromatic carbocycles. The molecule has 3 aromatic rings. The van der Waals surface area contributed by atoms with Crippen LogP contribution < -0.4 is 10.1 Å². The Bertz CT molecular complexity index is 999. The first-order chi connectivity index (χ1) is 13.5. The summed E-state index contributed by atoms with van der Waals surface area (Å²) in [6, 6.07) is 15.8. The minimum absolute atomic E-state index is 0.392. The number of aromatic nitrogens is 1. The number of hydrogen-bond acceptors (Lipinski definition) is 5. The van der Waals surface area contributed by atoms with Crippen LogP contribution in [0, 0.1) is 13.8 Å². The van der Waals surface area contributed by atoms with Gasteiger partial charge in [-0.05, 0) is 48.7 Å². The van der Waals surface area contributed by atoms with Crippen LogP contribution >= 0.6 is 0 Å². The zero-order valence-electron chi connectivity index (χ0n) is 16.6. The minimum Gasteiger partial charge on any atom is -0.496 e. The Morgan fingerprint density at radius 2 is 1.89 bits per heavy atom. The molecule has 0 aliphatic rings. The van der Waals surface area contributed by atoms with Gasteiger partial charge in [-0.3, -0.25) is 0 Å². The summed E-state index contributed by atoms with van der Waals surface area (Å²) < 4.78 is 10.1. The van der Waals surface area contributed by atoms with E-state index < -0.39 is 5.97 Å². The number of benzene rings is 2. The third-order valence-electron chi connectivity index (χ3n) is 4.58. The average Bonchev–Trinajstić information content (AvgIpc) is 2.71. The summed E-state index contributed by atoms with van der Waals surface area (Å²) >= 11 is 0. The summed E-state index contributed by atoms with van der Waals surface area (Å²) in [4.78, 5) is 16.6. The van der Waals surface area contributed by atoms with Gasteiger partial charge >= 0.3 is 5.97 Å². The molecule has 3 rings (SSSR count). The minimum atomic E-state index is -0.430. The Morgan fingerprint density at radius 3 is 2.57 bits per heavy atom. The second-order valence-electron chi connectivity index (χ2n) is 6.63. The van der Waals surface area contributed by atoms with Gasteiger partial charge in [0.25, 0.3) is 0 Å². The van der Waals surface area contributed by atoms with Gasteiger partial charge in [0.2, 0.25) is 0 Å². The third kappa shape index (κ3) is 4.31. The van der Waals surface area contributed by atoms with E-state index >= 15 is 0 Å². The molecule has 0 bridgehead atoms. The highest BCUT2D eigenvalue weighted by atomic mass is 16.5. The number of rotatable bonds is 6. The molecule has 1 heterocycles. The number of anilines is 1. The van der Waals surface area contributed by atoms with Crippen molar-refractivity contribution in [1.29, 1.82) is 0 Å². The molecular weight excluding hydrogens is 352 g/mol. The fraction of sp³-hybridized carbons (Fsp3) is 0.217. The number of pyridine rings is 1. The van der Waals surface area contributed by atoms with Crippen LogP contribution in [0.1, 0.15) is 27.0 Å². The number of carbonyl (C=O) groups is 1. The van der Waals surface area contributed by atoms with Crippen LogP contribution in [0.25, 0.3) is 11.1 Å². The van der Waals surface area contributed by atoms with Crippen molar-refractivity contribution >= 4 is 11.8 Å². The van der Waals surface area contributed by atoms with E-state index in [4.69, 9.17) is 9.47 Å². The molecule has 0 spiro atoms. The first-order valence-electron chi connectivity index (χ1n) is 9.04. The van der Waals surface area contributed by atoms with Gasteiger partial charge in [0.05, 0.1) is 14.2 Å². The van der Waals surface area contributed by atoms with Gasteiger partial charge < -0.3 is 14.8 Å². The summed E-state index contributed by atoms with van der Waals surface area (Å²) in [6.07, 6.45) is 1.82. The van der Waals surface area contributed by atoms with Crippen LogP contribution in [0.2, 0.25) is 0 Å². The molecule has 0 saturated heterocycles.